The van der Waals surface area contributed by atoms with Crippen LogP contribution in [0.4, 0.5) is 0 Å². The molecule has 1 aliphatic heterocycles. The summed E-state index contributed by atoms with van der Waals surface area (Å²) in [4.78, 5) is 19.3. The molecule has 2 aromatic heterocycles. The molecule has 10 heteroatoms. The number of amides is 1. The first-order valence-corrected chi connectivity index (χ1v) is 10.1. The first kappa shape index (κ1) is 19.3. The van der Waals surface area contributed by atoms with Gasteiger partial charge in [0.05, 0.1) is 19.8 Å². The molecule has 0 saturated carbocycles. The van der Waals surface area contributed by atoms with Crippen molar-refractivity contribution in [3.8, 4) is 5.88 Å². The summed E-state index contributed by atoms with van der Waals surface area (Å²) in [6, 6.07) is 4.90. The molecule has 2 N–H and O–H groups in total. The molecule has 0 aliphatic carbocycles. The summed E-state index contributed by atoms with van der Waals surface area (Å²) in [7, 11) is -3.64. The molecule has 3 rings (SSSR count). The van der Waals surface area contributed by atoms with E-state index in [1.165, 1.54) is 16.6 Å². The fourth-order valence-electron chi connectivity index (χ4n) is 2.69. The van der Waals surface area contributed by atoms with Crippen LogP contribution in [0.1, 0.15) is 23.0 Å². The van der Waals surface area contributed by atoms with Crippen molar-refractivity contribution in [2.75, 3.05) is 32.9 Å². The minimum atomic E-state index is -3.64. The maximum absolute atomic E-state index is 12.6. The Hall–Kier alpha value is -2.43. The number of hydrogen-bond acceptors (Lipinski definition) is 6. The number of nitrogens with one attached hydrogen (secondary N) is 2. The van der Waals surface area contributed by atoms with Crippen LogP contribution in [0, 0.1) is 0 Å². The molecule has 0 spiro atoms. The van der Waals surface area contributed by atoms with Gasteiger partial charge in [0.2, 0.25) is 15.9 Å². The number of morpholine rings is 1. The molecule has 1 saturated heterocycles. The maximum atomic E-state index is 12.6. The lowest BCUT2D eigenvalue weighted by Crippen LogP contribution is -2.40. The smallest absolute Gasteiger partial charge is 0.268 e. The number of nitrogens with zero attached hydrogens (tertiary/aromatic N) is 2. The zero-order valence-corrected chi connectivity index (χ0v) is 15.8. The average molecular weight is 394 g/mol. The molecule has 0 radical (unpaired) electrons. The molecule has 2 aromatic rings. The number of pyridine rings is 1. The summed E-state index contributed by atoms with van der Waals surface area (Å²) in [5.74, 6) is 0.0482. The van der Waals surface area contributed by atoms with Gasteiger partial charge in [0, 0.05) is 37.6 Å². The second kappa shape index (κ2) is 8.51. The van der Waals surface area contributed by atoms with Crippen LogP contribution in [0.15, 0.2) is 35.5 Å². The van der Waals surface area contributed by atoms with E-state index in [9.17, 15) is 13.2 Å². The Morgan fingerprint density at radius 2 is 2.19 bits per heavy atom. The van der Waals surface area contributed by atoms with Gasteiger partial charge in [-0.1, -0.05) is 6.07 Å². The lowest BCUT2D eigenvalue weighted by molar-refractivity contribution is 0.0730. The van der Waals surface area contributed by atoms with E-state index in [2.05, 4.69) is 15.3 Å². The predicted molar refractivity (Wildman–Crippen MR) is 96.9 cm³/mol. The van der Waals surface area contributed by atoms with E-state index in [1.54, 1.807) is 18.3 Å². The highest BCUT2D eigenvalue weighted by Gasteiger charge is 2.28. The van der Waals surface area contributed by atoms with E-state index < -0.39 is 15.9 Å². The molecule has 0 bridgehead atoms. The number of H-pyrrole nitrogens is 1. The SMILES string of the molecule is CCOc1ncccc1CNC(=O)c1cc(S(=O)(=O)N2CCOCC2)c[nH]1. The summed E-state index contributed by atoms with van der Waals surface area (Å²) >= 11 is 0. The number of ether oxygens (including phenoxy) is 2. The van der Waals surface area contributed by atoms with E-state index in [0.29, 0.717) is 38.8 Å². The summed E-state index contributed by atoms with van der Waals surface area (Å²) in [6.45, 7) is 3.87. The van der Waals surface area contributed by atoms with Crippen LogP contribution in [0.2, 0.25) is 0 Å². The van der Waals surface area contributed by atoms with E-state index in [4.69, 9.17) is 9.47 Å². The van der Waals surface area contributed by atoms with Gasteiger partial charge in [-0.2, -0.15) is 4.31 Å². The quantitative estimate of drug-likeness (QED) is 0.717. The van der Waals surface area contributed by atoms with Gasteiger partial charge in [-0.05, 0) is 19.1 Å². The molecule has 0 atom stereocenters. The van der Waals surface area contributed by atoms with Gasteiger partial charge in [0.15, 0.2) is 0 Å². The highest BCUT2D eigenvalue weighted by molar-refractivity contribution is 7.89. The van der Waals surface area contributed by atoms with Crippen molar-refractivity contribution >= 4 is 15.9 Å². The second-order valence-corrected chi connectivity index (χ2v) is 7.79. The zero-order valence-electron chi connectivity index (χ0n) is 15.0. The number of aromatic amines is 1. The standard InChI is InChI=1S/C17H22N4O5S/c1-2-26-17-13(4-3-5-18-17)11-20-16(22)15-10-14(12-19-15)27(23,24)21-6-8-25-9-7-21/h3-5,10,12,19H,2,6-9,11H2,1H3,(H,20,22). The van der Waals surface area contributed by atoms with Crippen molar-refractivity contribution in [3.05, 3.63) is 41.9 Å². The Morgan fingerprint density at radius 1 is 1.41 bits per heavy atom. The topological polar surface area (TPSA) is 114 Å². The van der Waals surface area contributed by atoms with Crippen LogP contribution in [0.3, 0.4) is 0 Å². The van der Waals surface area contributed by atoms with Gasteiger partial charge < -0.3 is 19.8 Å². The molecular formula is C17H22N4O5S. The van der Waals surface area contributed by atoms with E-state index in [1.807, 2.05) is 6.92 Å². The van der Waals surface area contributed by atoms with Crippen molar-refractivity contribution in [2.24, 2.45) is 0 Å². The third-order valence-electron chi connectivity index (χ3n) is 4.08. The van der Waals surface area contributed by atoms with Crippen LogP contribution in [0.25, 0.3) is 0 Å². The van der Waals surface area contributed by atoms with E-state index in [-0.39, 0.29) is 17.1 Å². The maximum Gasteiger partial charge on any atom is 0.268 e. The summed E-state index contributed by atoms with van der Waals surface area (Å²) in [6.07, 6.45) is 2.94. The largest absolute Gasteiger partial charge is 0.478 e. The van der Waals surface area contributed by atoms with Crippen LogP contribution in [0.5, 0.6) is 5.88 Å². The first-order chi connectivity index (χ1) is 13.0. The highest BCUT2D eigenvalue weighted by Crippen LogP contribution is 2.18. The Labute approximate surface area is 157 Å². The van der Waals surface area contributed by atoms with Gasteiger partial charge in [-0.3, -0.25) is 4.79 Å². The lowest BCUT2D eigenvalue weighted by atomic mass is 10.2. The molecule has 0 unspecified atom stereocenters. The van der Waals surface area contributed by atoms with E-state index in [0.717, 1.165) is 5.56 Å². The van der Waals surface area contributed by atoms with E-state index >= 15 is 0 Å². The Bertz CT molecular complexity index is 890. The normalized spacial score (nSPS) is 15.4. The third kappa shape index (κ3) is 4.46. The first-order valence-electron chi connectivity index (χ1n) is 8.63. The zero-order chi connectivity index (χ0) is 19.3. The highest BCUT2D eigenvalue weighted by atomic mass is 32.2. The minimum Gasteiger partial charge on any atom is -0.478 e. The second-order valence-electron chi connectivity index (χ2n) is 5.85. The van der Waals surface area contributed by atoms with Gasteiger partial charge in [-0.15, -0.1) is 0 Å². The molecular weight excluding hydrogens is 372 g/mol. The van der Waals surface area contributed by atoms with Crippen molar-refractivity contribution in [3.63, 3.8) is 0 Å². The van der Waals surface area contributed by atoms with Crippen molar-refractivity contribution in [2.45, 2.75) is 18.4 Å². The van der Waals surface area contributed by atoms with Gasteiger partial charge in [-0.25, -0.2) is 13.4 Å². The van der Waals surface area contributed by atoms with Gasteiger partial charge in [0.1, 0.15) is 10.6 Å². The predicted octanol–water partition coefficient (Wildman–Crippen LogP) is 0.759. The summed E-state index contributed by atoms with van der Waals surface area (Å²) < 4.78 is 37.2. The fraction of sp³-hybridized carbons (Fsp3) is 0.412. The number of aromatic nitrogens is 2. The van der Waals surface area contributed by atoms with Crippen LogP contribution in [-0.4, -0.2) is 61.5 Å². The number of carbonyl (C=O) groups excluding carboxylic acids is 1. The van der Waals surface area contributed by atoms with Gasteiger partial charge in [0.25, 0.3) is 5.91 Å². The minimum absolute atomic E-state index is 0.0610. The number of rotatable bonds is 7. The average Bonchev–Trinajstić information content (AvgIpc) is 3.19. The molecule has 1 aliphatic rings. The third-order valence-corrected chi connectivity index (χ3v) is 5.96. The molecule has 146 valence electrons. The molecule has 27 heavy (non-hydrogen) atoms. The Balaban J connectivity index is 1.67. The van der Waals surface area contributed by atoms with Crippen LogP contribution < -0.4 is 10.1 Å². The van der Waals surface area contributed by atoms with Crippen molar-refractivity contribution in [1.29, 1.82) is 0 Å². The van der Waals surface area contributed by atoms with Crippen LogP contribution >= 0.6 is 0 Å². The lowest BCUT2D eigenvalue weighted by Gasteiger charge is -2.25. The fourth-order valence-corrected chi connectivity index (χ4v) is 4.09. The molecule has 1 fully saturated rings. The number of hydrogen-bond donors (Lipinski definition) is 2. The summed E-state index contributed by atoms with van der Waals surface area (Å²) in [5, 5.41) is 2.74. The Morgan fingerprint density at radius 3 is 2.93 bits per heavy atom. The summed E-state index contributed by atoms with van der Waals surface area (Å²) in [5.41, 5.74) is 0.907. The van der Waals surface area contributed by atoms with Crippen molar-refractivity contribution in [1.82, 2.24) is 19.6 Å². The molecule has 0 aromatic carbocycles. The Kier molecular flexibility index (Phi) is 6.09. The number of carbonyl (C=O) groups is 1. The number of sulfonamides is 1. The molecule has 3 heterocycles. The van der Waals surface area contributed by atoms with Gasteiger partial charge >= 0.3 is 0 Å². The molecule has 9 nitrogen and oxygen atoms in total. The monoisotopic (exact) mass is 394 g/mol. The van der Waals surface area contributed by atoms with Crippen molar-refractivity contribution < 1.29 is 22.7 Å². The molecule has 1 amide bonds. The van der Waals surface area contributed by atoms with Crippen LogP contribution in [-0.2, 0) is 21.3 Å².